The summed E-state index contributed by atoms with van der Waals surface area (Å²) in [4.78, 5) is 12.6. The summed E-state index contributed by atoms with van der Waals surface area (Å²) in [5, 5.41) is 0. The van der Waals surface area contributed by atoms with Crippen LogP contribution in [0.2, 0.25) is 0 Å². The molecule has 0 bridgehead atoms. The fraction of sp³-hybridized carbons (Fsp3) is 0.545. The third-order valence-electron chi connectivity index (χ3n) is 1.72. The van der Waals surface area contributed by atoms with E-state index in [1.54, 1.807) is 34.9 Å². The Morgan fingerprint density at radius 1 is 1.40 bits per heavy atom. The van der Waals surface area contributed by atoms with E-state index in [1.807, 2.05) is 6.07 Å². The third kappa shape index (κ3) is 4.62. The van der Waals surface area contributed by atoms with Crippen molar-refractivity contribution in [2.75, 3.05) is 17.3 Å². The summed E-state index contributed by atoms with van der Waals surface area (Å²) in [6.45, 7) is 4.27. The van der Waals surface area contributed by atoms with E-state index in [1.165, 1.54) is 4.21 Å². The maximum atomic E-state index is 11.7. The van der Waals surface area contributed by atoms with Crippen LogP contribution in [-0.2, 0) is 0 Å². The number of thiophene rings is 1. The van der Waals surface area contributed by atoms with Gasteiger partial charge in [0.05, 0.1) is 14.8 Å². The van der Waals surface area contributed by atoms with Gasteiger partial charge in [0.15, 0.2) is 5.78 Å². The molecule has 0 amide bonds. The Labute approximate surface area is 104 Å². The molecule has 0 fully saturated rings. The highest BCUT2D eigenvalue weighted by Gasteiger charge is 2.08. The molecular weight excluding hydrogens is 244 g/mol. The molecular formula is C11H16OS3. The van der Waals surface area contributed by atoms with Gasteiger partial charge in [0.25, 0.3) is 0 Å². The quantitative estimate of drug-likeness (QED) is 0.416. The lowest BCUT2D eigenvalue weighted by Crippen LogP contribution is -1.99. The summed E-state index contributed by atoms with van der Waals surface area (Å²) < 4.78 is 1.25. The van der Waals surface area contributed by atoms with E-state index in [4.69, 9.17) is 0 Å². The molecule has 0 unspecified atom stereocenters. The summed E-state index contributed by atoms with van der Waals surface area (Å²) in [5.74, 6) is 3.05. The molecule has 15 heavy (non-hydrogen) atoms. The van der Waals surface area contributed by atoms with Crippen LogP contribution >= 0.6 is 34.9 Å². The predicted octanol–water partition coefficient (Wildman–Crippen LogP) is 4.19. The Morgan fingerprint density at radius 2 is 2.20 bits per heavy atom. The number of hydrogen-bond donors (Lipinski definition) is 0. The average Bonchev–Trinajstić information content (AvgIpc) is 2.67. The number of Topliss-reactive ketones (excluding diaryl/α,β-unsaturated/α-hetero) is 1. The highest BCUT2D eigenvalue weighted by atomic mass is 32.2. The second-order valence-electron chi connectivity index (χ2n) is 3.03. The minimum absolute atomic E-state index is 0.279. The topological polar surface area (TPSA) is 17.1 Å². The number of hydrogen-bond acceptors (Lipinski definition) is 4. The van der Waals surface area contributed by atoms with E-state index in [0.717, 1.165) is 22.8 Å². The Kier molecular flexibility index (Phi) is 6.45. The fourth-order valence-electron chi connectivity index (χ4n) is 1.07. The average molecular weight is 260 g/mol. The minimum atomic E-state index is 0.279. The van der Waals surface area contributed by atoms with Gasteiger partial charge in [0.2, 0.25) is 0 Å². The van der Waals surface area contributed by atoms with Crippen LogP contribution in [0.5, 0.6) is 0 Å². The molecule has 0 aliphatic heterocycles. The summed E-state index contributed by atoms with van der Waals surface area (Å²) in [5.41, 5.74) is 0. The van der Waals surface area contributed by atoms with Gasteiger partial charge in [-0.15, -0.1) is 23.1 Å². The van der Waals surface area contributed by atoms with Gasteiger partial charge in [-0.25, -0.2) is 0 Å². The largest absolute Gasteiger partial charge is 0.292 e. The van der Waals surface area contributed by atoms with Crippen molar-refractivity contribution in [2.24, 2.45) is 0 Å². The van der Waals surface area contributed by atoms with Crippen LogP contribution in [0.15, 0.2) is 16.3 Å². The zero-order chi connectivity index (χ0) is 11.1. The summed E-state index contributed by atoms with van der Waals surface area (Å²) in [6.07, 6.45) is 1.14. The smallest absolute Gasteiger partial charge is 0.182 e. The Bertz CT molecular complexity index is 307. The number of carbonyl (C=O) groups excluding carboxylic acids is 1. The summed E-state index contributed by atoms with van der Waals surface area (Å²) >= 11 is 5.15. The molecule has 4 heteroatoms. The molecule has 0 spiro atoms. The molecule has 1 heterocycles. The molecule has 0 radical (unpaired) electrons. The van der Waals surface area contributed by atoms with Crippen LogP contribution in [0.1, 0.15) is 29.9 Å². The van der Waals surface area contributed by atoms with E-state index >= 15 is 0 Å². The predicted molar refractivity (Wildman–Crippen MR) is 72.7 cm³/mol. The van der Waals surface area contributed by atoms with Gasteiger partial charge >= 0.3 is 0 Å². The molecule has 1 aromatic rings. The molecule has 0 atom stereocenters. The molecule has 0 saturated carbocycles. The maximum absolute atomic E-state index is 11.7. The molecule has 1 rings (SSSR count). The van der Waals surface area contributed by atoms with Gasteiger partial charge in [0, 0.05) is 0 Å². The first-order valence-corrected chi connectivity index (χ1v) is 8.07. The van der Waals surface area contributed by atoms with Gasteiger partial charge in [-0.1, -0.05) is 13.8 Å². The van der Waals surface area contributed by atoms with Crippen molar-refractivity contribution < 1.29 is 4.79 Å². The molecule has 0 saturated heterocycles. The van der Waals surface area contributed by atoms with Crippen molar-refractivity contribution in [3.05, 3.63) is 17.0 Å². The van der Waals surface area contributed by atoms with Crippen LogP contribution in [-0.4, -0.2) is 23.0 Å². The molecule has 0 aliphatic carbocycles. The van der Waals surface area contributed by atoms with Gasteiger partial charge in [-0.3, -0.25) is 4.79 Å². The number of carbonyl (C=O) groups is 1. The van der Waals surface area contributed by atoms with Crippen LogP contribution in [0.25, 0.3) is 0 Å². The molecule has 84 valence electrons. The molecule has 0 aliphatic rings. The van der Waals surface area contributed by atoms with Crippen molar-refractivity contribution in [3.8, 4) is 0 Å². The lowest BCUT2D eigenvalue weighted by Gasteiger charge is -1.96. The van der Waals surface area contributed by atoms with E-state index < -0.39 is 0 Å². The van der Waals surface area contributed by atoms with E-state index in [9.17, 15) is 4.79 Å². The van der Waals surface area contributed by atoms with E-state index in [2.05, 4.69) is 19.9 Å². The molecule has 0 aromatic carbocycles. The number of ketones is 1. The first kappa shape index (κ1) is 13.1. The van der Waals surface area contributed by atoms with Crippen LogP contribution in [0, 0.1) is 0 Å². The van der Waals surface area contributed by atoms with Crippen molar-refractivity contribution in [3.63, 3.8) is 0 Å². The van der Waals surface area contributed by atoms with Gasteiger partial charge in [-0.05, 0) is 30.1 Å². The maximum Gasteiger partial charge on any atom is 0.182 e. The second-order valence-corrected chi connectivity index (χ2v) is 6.78. The highest BCUT2D eigenvalue weighted by molar-refractivity contribution is 8.01. The SMILES string of the molecule is CCCSCC(=O)c1ccc(SCC)s1. The van der Waals surface area contributed by atoms with Crippen LogP contribution < -0.4 is 0 Å². The number of rotatable bonds is 7. The van der Waals surface area contributed by atoms with E-state index in [-0.39, 0.29) is 5.78 Å². The molecule has 0 N–H and O–H groups in total. The Hall–Kier alpha value is 0.0700. The van der Waals surface area contributed by atoms with Crippen LogP contribution in [0.3, 0.4) is 0 Å². The van der Waals surface area contributed by atoms with Gasteiger partial charge in [-0.2, -0.15) is 11.8 Å². The summed E-state index contributed by atoms with van der Waals surface area (Å²) in [6, 6.07) is 4.01. The molecule has 1 nitrogen and oxygen atoms in total. The summed E-state index contributed by atoms with van der Waals surface area (Å²) in [7, 11) is 0. The second kappa shape index (κ2) is 7.36. The van der Waals surface area contributed by atoms with Crippen molar-refractivity contribution >= 4 is 40.6 Å². The Balaban J connectivity index is 2.43. The third-order valence-corrected chi connectivity index (χ3v) is 5.12. The lowest BCUT2D eigenvalue weighted by molar-refractivity contribution is 0.102. The van der Waals surface area contributed by atoms with Crippen molar-refractivity contribution in [1.29, 1.82) is 0 Å². The van der Waals surface area contributed by atoms with Crippen molar-refractivity contribution in [2.45, 2.75) is 24.5 Å². The monoisotopic (exact) mass is 260 g/mol. The van der Waals surface area contributed by atoms with E-state index in [0.29, 0.717) is 5.75 Å². The number of thioether (sulfide) groups is 2. The normalized spacial score (nSPS) is 10.5. The Morgan fingerprint density at radius 3 is 2.87 bits per heavy atom. The first-order chi connectivity index (χ1) is 7.27. The van der Waals surface area contributed by atoms with Crippen molar-refractivity contribution in [1.82, 2.24) is 0 Å². The fourth-order valence-corrected chi connectivity index (χ4v) is 3.92. The minimum Gasteiger partial charge on any atom is -0.292 e. The van der Waals surface area contributed by atoms with Gasteiger partial charge in [0.1, 0.15) is 0 Å². The molecule has 1 aromatic heterocycles. The highest BCUT2D eigenvalue weighted by Crippen LogP contribution is 2.27. The van der Waals surface area contributed by atoms with Crippen LogP contribution in [0.4, 0.5) is 0 Å². The zero-order valence-electron chi connectivity index (χ0n) is 9.12. The standard InChI is InChI=1S/C11H16OS3/c1-3-7-13-8-9(12)10-5-6-11(15-10)14-4-2/h5-6H,3-4,7-8H2,1-2H3. The first-order valence-electron chi connectivity index (χ1n) is 5.11. The zero-order valence-corrected chi connectivity index (χ0v) is 11.6. The lowest BCUT2D eigenvalue weighted by atomic mass is 10.4. The van der Waals surface area contributed by atoms with Gasteiger partial charge < -0.3 is 0 Å².